The van der Waals surface area contributed by atoms with Crippen LogP contribution in [0.3, 0.4) is 0 Å². The Kier molecular flexibility index (Phi) is 6.92. The van der Waals surface area contributed by atoms with E-state index >= 15 is 0 Å². The van der Waals surface area contributed by atoms with Crippen molar-refractivity contribution in [1.82, 2.24) is 4.90 Å². The fourth-order valence-electron chi connectivity index (χ4n) is 3.09. The lowest BCUT2D eigenvalue weighted by Gasteiger charge is -2.26. The van der Waals surface area contributed by atoms with Crippen molar-refractivity contribution in [1.29, 1.82) is 0 Å². The van der Waals surface area contributed by atoms with Crippen LogP contribution in [-0.4, -0.2) is 30.5 Å². The molecule has 0 spiro atoms. The summed E-state index contributed by atoms with van der Waals surface area (Å²) in [4.78, 5) is 14.5. The highest BCUT2D eigenvalue weighted by atomic mass is 35.5. The standard InChI is InChI=1S/C21H25ClN2O2/c22-18-6-10-20(11-7-18)26-15-12-21(25)23-19-8-4-17(5-9-19)16-24-13-2-1-3-14-24/h4-11H,1-3,12-16H2,(H,23,25). The van der Waals surface area contributed by atoms with Gasteiger partial charge in [0.25, 0.3) is 0 Å². The summed E-state index contributed by atoms with van der Waals surface area (Å²) in [5.41, 5.74) is 2.11. The predicted molar refractivity (Wildman–Crippen MR) is 106 cm³/mol. The second-order valence-electron chi connectivity index (χ2n) is 6.63. The first-order valence-corrected chi connectivity index (χ1v) is 9.56. The fraction of sp³-hybridized carbons (Fsp3) is 0.381. The zero-order valence-electron chi connectivity index (χ0n) is 14.9. The maximum absolute atomic E-state index is 12.0. The SMILES string of the molecule is O=C(CCOc1ccc(Cl)cc1)Nc1ccc(CN2CCCCC2)cc1. The minimum atomic E-state index is -0.0530. The number of ether oxygens (including phenoxy) is 1. The summed E-state index contributed by atoms with van der Waals surface area (Å²) in [5, 5.41) is 3.58. The monoisotopic (exact) mass is 372 g/mol. The molecule has 0 unspecified atom stereocenters. The number of piperidine rings is 1. The van der Waals surface area contributed by atoms with Gasteiger partial charge in [-0.3, -0.25) is 9.69 Å². The van der Waals surface area contributed by atoms with Gasteiger partial charge in [0.2, 0.25) is 5.91 Å². The third-order valence-corrected chi connectivity index (χ3v) is 4.76. The molecule has 1 N–H and O–H groups in total. The molecule has 0 saturated carbocycles. The molecule has 4 nitrogen and oxygen atoms in total. The van der Waals surface area contributed by atoms with Crippen LogP contribution in [0.15, 0.2) is 48.5 Å². The van der Waals surface area contributed by atoms with Gasteiger partial charge in [-0.25, -0.2) is 0 Å². The lowest BCUT2D eigenvalue weighted by molar-refractivity contribution is -0.116. The van der Waals surface area contributed by atoms with Gasteiger partial charge in [-0.05, 0) is 67.9 Å². The smallest absolute Gasteiger partial charge is 0.227 e. The molecule has 0 atom stereocenters. The van der Waals surface area contributed by atoms with E-state index in [0.717, 1.165) is 12.2 Å². The van der Waals surface area contributed by atoms with Crippen LogP contribution in [0.4, 0.5) is 5.69 Å². The van der Waals surface area contributed by atoms with Crippen molar-refractivity contribution in [2.45, 2.75) is 32.2 Å². The van der Waals surface area contributed by atoms with Crippen LogP contribution in [0.25, 0.3) is 0 Å². The number of likely N-dealkylation sites (tertiary alicyclic amines) is 1. The Bertz CT molecular complexity index is 695. The summed E-state index contributed by atoms with van der Waals surface area (Å²) in [5.74, 6) is 0.659. The third-order valence-electron chi connectivity index (χ3n) is 4.50. The van der Waals surface area contributed by atoms with Crippen LogP contribution in [0.5, 0.6) is 5.75 Å². The van der Waals surface area contributed by atoms with Gasteiger partial charge in [-0.15, -0.1) is 0 Å². The number of nitrogens with one attached hydrogen (secondary N) is 1. The van der Waals surface area contributed by atoms with Crippen molar-refractivity contribution < 1.29 is 9.53 Å². The van der Waals surface area contributed by atoms with E-state index in [1.54, 1.807) is 24.3 Å². The van der Waals surface area contributed by atoms with Gasteiger partial charge in [0.05, 0.1) is 13.0 Å². The summed E-state index contributed by atoms with van der Waals surface area (Å²) in [7, 11) is 0. The van der Waals surface area contributed by atoms with Crippen LogP contribution in [-0.2, 0) is 11.3 Å². The van der Waals surface area contributed by atoms with Crippen molar-refractivity contribution in [3.63, 3.8) is 0 Å². The number of carbonyl (C=O) groups is 1. The van der Waals surface area contributed by atoms with E-state index in [0.29, 0.717) is 23.8 Å². The van der Waals surface area contributed by atoms with Gasteiger partial charge in [-0.1, -0.05) is 30.2 Å². The molecule has 1 aliphatic rings. The molecule has 0 aromatic heterocycles. The first-order chi connectivity index (χ1) is 12.7. The molecule has 1 aliphatic heterocycles. The van der Waals surface area contributed by atoms with Crippen LogP contribution < -0.4 is 10.1 Å². The zero-order valence-corrected chi connectivity index (χ0v) is 15.7. The molecule has 1 saturated heterocycles. The quantitative estimate of drug-likeness (QED) is 0.763. The Balaban J connectivity index is 1.40. The zero-order chi connectivity index (χ0) is 18.2. The maximum atomic E-state index is 12.0. The molecular weight excluding hydrogens is 348 g/mol. The number of benzene rings is 2. The molecule has 0 bridgehead atoms. The lowest BCUT2D eigenvalue weighted by atomic mass is 10.1. The van der Waals surface area contributed by atoms with E-state index in [9.17, 15) is 4.79 Å². The average Bonchev–Trinajstić information content (AvgIpc) is 2.66. The number of hydrogen-bond acceptors (Lipinski definition) is 3. The Morgan fingerprint density at radius 3 is 2.38 bits per heavy atom. The molecular formula is C21H25ClN2O2. The minimum Gasteiger partial charge on any atom is -0.493 e. The van der Waals surface area contributed by atoms with Crippen LogP contribution in [0.2, 0.25) is 5.02 Å². The highest BCUT2D eigenvalue weighted by Crippen LogP contribution is 2.17. The predicted octanol–water partition coefficient (Wildman–Crippen LogP) is 4.73. The Labute approximate surface area is 160 Å². The van der Waals surface area contributed by atoms with Crippen molar-refractivity contribution in [2.24, 2.45) is 0 Å². The molecule has 138 valence electrons. The van der Waals surface area contributed by atoms with Crippen LogP contribution in [0, 0.1) is 0 Å². The Morgan fingerprint density at radius 2 is 1.69 bits per heavy atom. The minimum absolute atomic E-state index is 0.0530. The molecule has 1 heterocycles. The summed E-state index contributed by atoms with van der Waals surface area (Å²) in [6.07, 6.45) is 4.25. The number of anilines is 1. The van der Waals surface area contributed by atoms with Crippen LogP contribution >= 0.6 is 11.6 Å². The molecule has 2 aromatic carbocycles. The van der Waals surface area contributed by atoms with Crippen molar-refractivity contribution >= 4 is 23.2 Å². The maximum Gasteiger partial charge on any atom is 0.227 e. The lowest BCUT2D eigenvalue weighted by Crippen LogP contribution is -2.29. The summed E-state index contributed by atoms with van der Waals surface area (Å²) >= 11 is 5.83. The molecule has 1 amide bonds. The number of rotatable bonds is 7. The number of halogens is 1. The van der Waals surface area contributed by atoms with E-state index in [1.165, 1.54) is 37.9 Å². The number of amides is 1. The summed E-state index contributed by atoms with van der Waals surface area (Å²) in [6.45, 7) is 3.70. The molecule has 2 aromatic rings. The number of hydrogen-bond donors (Lipinski definition) is 1. The van der Waals surface area contributed by atoms with E-state index in [1.807, 2.05) is 12.1 Å². The van der Waals surface area contributed by atoms with Crippen LogP contribution in [0.1, 0.15) is 31.2 Å². The first-order valence-electron chi connectivity index (χ1n) is 9.18. The molecule has 26 heavy (non-hydrogen) atoms. The van der Waals surface area contributed by atoms with E-state index in [2.05, 4.69) is 22.3 Å². The average molecular weight is 373 g/mol. The van der Waals surface area contributed by atoms with E-state index < -0.39 is 0 Å². The van der Waals surface area contributed by atoms with Gasteiger partial charge < -0.3 is 10.1 Å². The van der Waals surface area contributed by atoms with Gasteiger partial charge in [0.15, 0.2) is 0 Å². The molecule has 1 fully saturated rings. The van der Waals surface area contributed by atoms with Gasteiger partial charge >= 0.3 is 0 Å². The summed E-state index contributed by atoms with van der Waals surface area (Å²) in [6, 6.07) is 15.2. The first kappa shape index (κ1) is 18.7. The van der Waals surface area contributed by atoms with Gasteiger partial charge in [-0.2, -0.15) is 0 Å². The van der Waals surface area contributed by atoms with Crippen molar-refractivity contribution in [3.05, 3.63) is 59.1 Å². The Morgan fingerprint density at radius 1 is 1.00 bits per heavy atom. The highest BCUT2D eigenvalue weighted by Gasteiger charge is 2.10. The summed E-state index contributed by atoms with van der Waals surface area (Å²) < 4.78 is 5.55. The second-order valence-corrected chi connectivity index (χ2v) is 7.07. The van der Waals surface area contributed by atoms with Gasteiger partial charge in [0.1, 0.15) is 5.75 Å². The molecule has 3 rings (SSSR count). The van der Waals surface area contributed by atoms with E-state index in [4.69, 9.17) is 16.3 Å². The highest BCUT2D eigenvalue weighted by molar-refractivity contribution is 6.30. The fourth-order valence-corrected chi connectivity index (χ4v) is 3.21. The number of nitrogens with zero attached hydrogens (tertiary/aromatic N) is 1. The van der Waals surface area contributed by atoms with E-state index in [-0.39, 0.29) is 5.91 Å². The van der Waals surface area contributed by atoms with Crippen molar-refractivity contribution in [2.75, 3.05) is 25.0 Å². The van der Waals surface area contributed by atoms with Gasteiger partial charge in [0, 0.05) is 17.3 Å². The largest absolute Gasteiger partial charge is 0.493 e. The molecule has 0 radical (unpaired) electrons. The van der Waals surface area contributed by atoms with Crippen molar-refractivity contribution in [3.8, 4) is 5.75 Å². The normalized spacial score (nSPS) is 14.8. The second kappa shape index (κ2) is 9.60. The number of carbonyl (C=O) groups excluding carboxylic acids is 1. The topological polar surface area (TPSA) is 41.6 Å². The Hall–Kier alpha value is -2.04. The molecule has 5 heteroatoms. The third kappa shape index (κ3) is 6.04. The molecule has 0 aliphatic carbocycles.